The zero-order chi connectivity index (χ0) is 27.8. The fraction of sp³-hybridized carbons (Fsp3) is 0.158. The van der Waals surface area contributed by atoms with Gasteiger partial charge in [-0.3, -0.25) is 0 Å². The van der Waals surface area contributed by atoms with E-state index in [1.165, 1.54) is 33.4 Å². The molecule has 2 nitrogen and oxygen atoms in total. The van der Waals surface area contributed by atoms with Crippen molar-refractivity contribution in [2.75, 3.05) is 14.2 Å². The lowest BCUT2D eigenvalue weighted by Crippen LogP contribution is -1.91. The normalized spacial score (nSPS) is 10.6. The van der Waals surface area contributed by atoms with Crippen molar-refractivity contribution in [3.05, 3.63) is 155 Å². The maximum absolute atomic E-state index is 5.02. The first kappa shape index (κ1) is 28.1. The van der Waals surface area contributed by atoms with Crippen LogP contribution in [-0.4, -0.2) is 14.2 Å². The van der Waals surface area contributed by atoms with Crippen molar-refractivity contribution >= 4 is 0 Å². The minimum Gasteiger partial charge on any atom is -0.505 e. The van der Waals surface area contributed by atoms with Crippen LogP contribution in [0.3, 0.4) is 0 Å². The van der Waals surface area contributed by atoms with Gasteiger partial charge in [0.15, 0.2) is 0 Å². The second-order valence-corrected chi connectivity index (χ2v) is 9.27. The molecule has 0 heterocycles. The van der Waals surface area contributed by atoms with E-state index in [-0.39, 0.29) is 0 Å². The van der Waals surface area contributed by atoms with Crippen LogP contribution in [-0.2, 0) is 35.2 Å². The van der Waals surface area contributed by atoms with Gasteiger partial charge < -0.3 is 9.47 Å². The maximum Gasteiger partial charge on any atom is 0.0788 e. The van der Waals surface area contributed by atoms with E-state index < -0.39 is 0 Å². The molecule has 0 bridgehead atoms. The highest BCUT2D eigenvalue weighted by atomic mass is 16.5. The number of hydrogen-bond acceptors (Lipinski definition) is 2. The molecule has 0 radical (unpaired) electrons. The van der Waals surface area contributed by atoms with Crippen LogP contribution in [0.15, 0.2) is 122 Å². The molecule has 198 valence electrons. The van der Waals surface area contributed by atoms with Gasteiger partial charge in [-0.2, -0.15) is 0 Å². The second-order valence-electron chi connectivity index (χ2n) is 9.27. The molecule has 0 fully saturated rings. The van der Waals surface area contributed by atoms with Crippen LogP contribution in [0.4, 0.5) is 0 Å². The minimum absolute atomic E-state index is 0.720. The van der Waals surface area contributed by atoms with Crippen molar-refractivity contribution in [1.82, 2.24) is 0 Å². The molecule has 4 aromatic carbocycles. The summed E-state index contributed by atoms with van der Waals surface area (Å²) in [4.78, 5) is 0. The van der Waals surface area contributed by atoms with Crippen LogP contribution in [0.2, 0.25) is 0 Å². The Hall–Kier alpha value is -4.92. The highest BCUT2D eigenvalue weighted by Gasteiger charge is 2.01. The Labute approximate surface area is 239 Å². The SMILES string of the molecule is COC=CCc1ccccc1CC#Cc1ccc(-c2ccc(C#CCc3ccccc3CC=COC)cc2)cc1. The number of hydrogen-bond donors (Lipinski definition) is 0. The van der Waals surface area contributed by atoms with E-state index >= 15 is 0 Å². The molecule has 0 aliphatic heterocycles. The Morgan fingerprint density at radius 3 is 1.25 bits per heavy atom. The third-order valence-electron chi connectivity index (χ3n) is 6.50. The Morgan fingerprint density at radius 1 is 0.500 bits per heavy atom. The lowest BCUT2D eigenvalue weighted by Gasteiger charge is -2.04. The van der Waals surface area contributed by atoms with Gasteiger partial charge in [0.05, 0.1) is 26.7 Å². The highest BCUT2D eigenvalue weighted by molar-refractivity contribution is 5.65. The number of benzene rings is 4. The summed E-state index contributed by atoms with van der Waals surface area (Å²) in [5, 5.41) is 0. The first-order valence-electron chi connectivity index (χ1n) is 13.4. The summed E-state index contributed by atoms with van der Waals surface area (Å²) >= 11 is 0. The van der Waals surface area contributed by atoms with E-state index in [9.17, 15) is 0 Å². The largest absolute Gasteiger partial charge is 0.505 e. The zero-order valence-electron chi connectivity index (χ0n) is 23.2. The standard InChI is InChI=1S/C38H34O2/c1-39-29-9-19-35-15-5-3-13-33(35)17-7-11-31-21-25-37(26-22-31)38-27-23-32(24-28-38)12-8-18-34-14-4-6-16-36(34)20-10-30-40-2/h3-6,9-10,13-16,21-30H,17-20H2,1-2H3. The third-order valence-corrected chi connectivity index (χ3v) is 6.50. The van der Waals surface area contributed by atoms with E-state index in [4.69, 9.17) is 9.47 Å². The Bertz CT molecular complexity index is 1430. The summed E-state index contributed by atoms with van der Waals surface area (Å²) in [7, 11) is 3.33. The summed E-state index contributed by atoms with van der Waals surface area (Å²) in [6, 6.07) is 33.7. The molecule has 0 N–H and O–H groups in total. The summed E-state index contributed by atoms with van der Waals surface area (Å²) < 4.78 is 10.0. The Kier molecular flexibility index (Phi) is 10.9. The predicted molar refractivity (Wildman–Crippen MR) is 166 cm³/mol. The van der Waals surface area contributed by atoms with E-state index in [0.29, 0.717) is 0 Å². The van der Waals surface area contributed by atoms with Gasteiger partial charge in [0.2, 0.25) is 0 Å². The van der Waals surface area contributed by atoms with E-state index in [0.717, 1.165) is 36.8 Å². The lowest BCUT2D eigenvalue weighted by atomic mass is 10.0. The highest BCUT2D eigenvalue weighted by Crippen LogP contribution is 2.20. The van der Waals surface area contributed by atoms with Gasteiger partial charge in [-0.25, -0.2) is 0 Å². The molecule has 0 unspecified atom stereocenters. The van der Waals surface area contributed by atoms with Crippen LogP contribution in [0.5, 0.6) is 0 Å². The summed E-state index contributed by atoms with van der Waals surface area (Å²) in [6.07, 6.45) is 10.6. The smallest absolute Gasteiger partial charge is 0.0788 e. The van der Waals surface area contributed by atoms with Crippen LogP contribution in [0.1, 0.15) is 33.4 Å². The maximum atomic E-state index is 5.02. The number of allylic oxidation sites excluding steroid dienone is 2. The molecule has 40 heavy (non-hydrogen) atoms. The third kappa shape index (κ3) is 8.56. The molecule has 4 aromatic rings. The second kappa shape index (κ2) is 15.5. The molecule has 0 spiro atoms. The fourth-order valence-corrected chi connectivity index (χ4v) is 4.38. The van der Waals surface area contributed by atoms with Crippen LogP contribution in [0.25, 0.3) is 11.1 Å². The first-order chi connectivity index (χ1) is 19.8. The van der Waals surface area contributed by atoms with Crippen LogP contribution < -0.4 is 0 Å². The van der Waals surface area contributed by atoms with Crippen molar-refractivity contribution in [3.8, 4) is 34.8 Å². The molecule has 0 atom stereocenters. The van der Waals surface area contributed by atoms with Crippen molar-refractivity contribution in [1.29, 1.82) is 0 Å². The topological polar surface area (TPSA) is 18.5 Å². The van der Waals surface area contributed by atoms with Gasteiger partial charge in [-0.05, 0) is 82.6 Å². The van der Waals surface area contributed by atoms with Gasteiger partial charge in [0.25, 0.3) is 0 Å². The van der Waals surface area contributed by atoms with Crippen LogP contribution in [0, 0.1) is 23.7 Å². The van der Waals surface area contributed by atoms with E-state index in [1.54, 1.807) is 26.7 Å². The molecule has 0 aliphatic carbocycles. The summed E-state index contributed by atoms with van der Waals surface area (Å²) in [5.41, 5.74) is 9.40. The molecule has 4 rings (SSSR count). The first-order valence-corrected chi connectivity index (χ1v) is 13.4. The molecular formula is C38H34O2. The van der Waals surface area contributed by atoms with Gasteiger partial charge in [0, 0.05) is 24.0 Å². The molecule has 0 aromatic heterocycles. The molecule has 0 aliphatic rings. The predicted octanol–water partition coefficient (Wildman–Crippen LogP) is 7.95. The quantitative estimate of drug-likeness (QED) is 0.164. The average molecular weight is 523 g/mol. The van der Waals surface area contributed by atoms with Crippen molar-refractivity contribution < 1.29 is 9.47 Å². The van der Waals surface area contributed by atoms with Crippen molar-refractivity contribution in [2.24, 2.45) is 0 Å². The number of ether oxygens (including phenoxy) is 2. The zero-order valence-corrected chi connectivity index (χ0v) is 23.2. The van der Waals surface area contributed by atoms with Crippen LogP contribution >= 0.6 is 0 Å². The average Bonchev–Trinajstić information content (AvgIpc) is 3.00. The van der Waals surface area contributed by atoms with Gasteiger partial charge in [-0.1, -0.05) is 96.5 Å². The van der Waals surface area contributed by atoms with Gasteiger partial charge in [0.1, 0.15) is 0 Å². The molecule has 0 amide bonds. The molecule has 0 saturated carbocycles. The summed E-state index contributed by atoms with van der Waals surface area (Å²) in [5.74, 6) is 13.3. The fourth-order valence-electron chi connectivity index (χ4n) is 4.38. The Balaban J connectivity index is 1.35. The Morgan fingerprint density at radius 2 is 0.875 bits per heavy atom. The van der Waals surface area contributed by atoms with E-state index in [2.05, 4.69) is 121 Å². The minimum atomic E-state index is 0.720. The molecular weight excluding hydrogens is 488 g/mol. The molecule has 0 saturated heterocycles. The van der Waals surface area contributed by atoms with Crippen molar-refractivity contribution in [3.63, 3.8) is 0 Å². The van der Waals surface area contributed by atoms with Crippen molar-refractivity contribution in [2.45, 2.75) is 25.7 Å². The summed E-state index contributed by atoms with van der Waals surface area (Å²) in [6.45, 7) is 0. The van der Waals surface area contributed by atoms with E-state index in [1.807, 2.05) is 12.2 Å². The van der Waals surface area contributed by atoms with Gasteiger partial charge in [-0.15, -0.1) is 0 Å². The van der Waals surface area contributed by atoms with Gasteiger partial charge >= 0.3 is 0 Å². The number of methoxy groups -OCH3 is 2. The monoisotopic (exact) mass is 522 g/mol. The lowest BCUT2D eigenvalue weighted by molar-refractivity contribution is 0.336. The number of rotatable bonds is 9. The molecule has 2 heteroatoms.